The molecule has 0 radical (unpaired) electrons. The van der Waals surface area contributed by atoms with Crippen LogP contribution in [0.5, 0.6) is 0 Å². The summed E-state index contributed by atoms with van der Waals surface area (Å²) in [5, 5.41) is 0. The van der Waals surface area contributed by atoms with Crippen LogP contribution in [0.2, 0.25) is 0 Å². The van der Waals surface area contributed by atoms with Crippen LogP contribution in [0.1, 0.15) is 55.3 Å². The average molecular weight is 493 g/mol. The minimum atomic E-state index is -4.54. The molecule has 0 unspecified atom stereocenters. The van der Waals surface area contributed by atoms with Crippen molar-refractivity contribution in [3.63, 3.8) is 0 Å². The Balaban J connectivity index is 2.62. The lowest BCUT2D eigenvalue weighted by Gasteiger charge is -2.14. The Labute approximate surface area is 196 Å². The molecule has 2 aromatic rings. The van der Waals surface area contributed by atoms with Gasteiger partial charge in [-0.15, -0.1) is 0 Å². The number of anilines is 1. The molecule has 11 nitrogen and oxygen atoms in total. The van der Waals surface area contributed by atoms with Crippen molar-refractivity contribution in [1.29, 1.82) is 0 Å². The highest BCUT2D eigenvalue weighted by molar-refractivity contribution is 7.92. The summed E-state index contributed by atoms with van der Waals surface area (Å²) < 4.78 is 47.7. The van der Waals surface area contributed by atoms with Crippen LogP contribution in [0.25, 0.3) is 0 Å². The number of hydrogen-bond donors (Lipinski definition) is 1. The van der Waals surface area contributed by atoms with E-state index in [2.05, 4.69) is 14.2 Å². The van der Waals surface area contributed by atoms with E-state index in [-0.39, 0.29) is 41.2 Å². The molecule has 1 N–H and O–H groups in total. The second-order valence-corrected chi connectivity index (χ2v) is 8.19. The van der Waals surface area contributed by atoms with Gasteiger partial charge in [0.15, 0.2) is 0 Å². The van der Waals surface area contributed by atoms with Crippen molar-refractivity contribution in [1.82, 2.24) is 0 Å². The number of ether oxygens (including phenoxy) is 4. The van der Waals surface area contributed by atoms with Crippen LogP contribution in [-0.2, 0) is 29.0 Å². The summed E-state index contributed by atoms with van der Waals surface area (Å²) in [5.41, 5.74) is -0.895. The second kappa shape index (κ2) is 11.3. The Kier molecular flexibility index (Phi) is 8.73. The molecule has 0 aliphatic heterocycles. The number of esters is 4. The average Bonchev–Trinajstić information content (AvgIpc) is 2.82. The monoisotopic (exact) mass is 493 g/mol. The summed E-state index contributed by atoms with van der Waals surface area (Å²) >= 11 is 0. The van der Waals surface area contributed by atoms with Gasteiger partial charge in [-0.05, 0) is 50.2 Å². The fraction of sp³-hybridized carbons (Fsp3) is 0.273. The highest BCUT2D eigenvalue weighted by atomic mass is 32.2. The standard InChI is InChI=1S/C22H23NO10S/c1-5-32-20(25)14-9-15(21(26)33-6-2)11-16(10-14)23-34(28,29)18-12-13(19(24)30-3)7-8-17(18)22(27)31-4/h7-12,23H,5-6H2,1-4H3. The lowest BCUT2D eigenvalue weighted by Crippen LogP contribution is -2.19. The van der Waals surface area contributed by atoms with Crippen LogP contribution in [0.3, 0.4) is 0 Å². The minimum Gasteiger partial charge on any atom is -0.465 e. The first kappa shape index (κ1) is 26.3. The van der Waals surface area contributed by atoms with Crippen LogP contribution in [-0.4, -0.2) is 59.7 Å². The van der Waals surface area contributed by atoms with Gasteiger partial charge in [-0.3, -0.25) is 4.72 Å². The third kappa shape index (κ3) is 6.10. The molecule has 0 spiro atoms. The first-order chi connectivity index (χ1) is 16.1. The quantitative estimate of drug-likeness (QED) is 0.407. The van der Waals surface area contributed by atoms with E-state index in [9.17, 15) is 27.6 Å². The molecule has 0 atom stereocenters. The highest BCUT2D eigenvalue weighted by Gasteiger charge is 2.26. The fourth-order valence-corrected chi connectivity index (χ4v) is 4.09. The SMILES string of the molecule is CCOC(=O)c1cc(NS(=O)(=O)c2cc(C(=O)OC)ccc2C(=O)OC)cc(C(=O)OCC)c1. The van der Waals surface area contributed by atoms with Gasteiger partial charge < -0.3 is 18.9 Å². The molecule has 0 saturated heterocycles. The number of rotatable bonds is 9. The predicted octanol–water partition coefficient (Wildman–Crippen LogP) is 2.41. The van der Waals surface area contributed by atoms with Gasteiger partial charge in [0, 0.05) is 0 Å². The van der Waals surface area contributed by atoms with Gasteiger partial charge in [0.1, 0.15) is 4.90 Å². The van der Waals surface area contributed by atoms with E-state index in [0.29, 0.717) is 0 Å². The maximum Gasteiger partial charge on any atom is 0.339 e. The Morgan fingerprint density at radius 2 is 1.26 bits per heavy atom. The molecular formula is C22H23NO10S. The largest absolute Gasteiger partial charge is 0.465 e. The van der Waals surface area contributed by atoms with E-state index in [0.717, 1.165) is 38.5 Å². The van der Waals surface area contributed by atoms with Crippen LogP contribution in [0.4, 0.5) is 5.69 Å². The van der Waals surface area contributed by atoms with Gasteiger partial charge in [0.2, 0.25) is 0 Å². The molecule has 0 amide bonds. The van der Waals surface area contributed by atoms with Crippen LogP contribution >= 0.6 is 0 Å². The van der Waals surface area contributed by atoms with E-state index in [1.165, 1.54) is 12.1 Å². The van der Waals surface area contributed by atoms with Crippen molar-refractivity contribution >= 4 is 39.6 Å². The molecule has 12 heteroatoms. The van der Waals surface area contributed by atoms with Crippen molar-refractivity contribution in [2.75, 3.05) is 32.2 Å². The molecule has 0 aliphatic rings. The summed E-state index contributed by atoms with van der Waals surface area (Å²) in [6, 6.07) is 6.76. The first-order valence-corrected chi connectivity index (χ1v) is 11.4. The number of sulfonamides is 1. The fourth-order valence-electron chi connectivity index (χ4n) is 2.83. The van der Waals surface area contributed by atoms with Gasteiger partial charge in [0.25, 0.3) is 10.0 Å². The summed E-state index contributed by atoms with van der Waals surface area (Å²) in [4.78, 5) is 48.0. The molecule has 0 heterocycles. The highest BCUT2D eigenvalue weighted by Crippen LogP contribution is 2.25. The number of methoxy groups -OCH3 is 2. The van der Waals surface area contributed by atoms with Crippen LogP contribution < -0.4 is 4.72 Å². The number of hydrogen-bond acceptors (Lipinski definition) is 10. The zero-order valence-electron chi connectivity index (χ0n) is 18.9. The molecule has 2 rings (SSSR count). The van der Waals surface area contributed by atoms with E-state index < -0.39 is 38.8 Å². The Hall–Kier alpha value is -3.93. The normalized spacial score (nSPS) is 10.7. The van der Waals surface area contributed by atoms with Gasteiger partial charge in [0.05, 0.1) is 55.4 Å². The molecule has 0 saturated carbocycles. The van der Waals surface area contributed by atoms with Crippen molar-refractivity contribution in [2.24, 2.45) is 0 Å². The van der Waals surface area contributed by atoms with Crippen molar-refractivity contribution in [3.05, 3.63) is 58.7 Å². The number of benzene rings is 2. The maximum atomic E-state index is 13.2. The zero-order chi connectivity index (χ0) is 25.5. The Bertz CT molecular complexity index is 1180. The van der Waals surface area contributed by atoms with Crippen LogP contribution in [0, 0.1) is 0 Å². The number of carbonyl (C=O) groups is 4. The number of carbonyl (C=O) groups excluding carboxylic acids is 4. The predicted molar refractivity (Wildman–Crippen MR) is 118 cm³/mol. The summed E-state index contributed by atoms with van der Waals surface area (Å²) in [7, 11) is -2.36. The van der Waals surface area contributed by atoms with Gasteiger partial charge in [-0.2, -0.15) is 0 Å². The van der Waals surface area contributed by atoms with E-state index >= 15 is 0 Å². The molecule has 2 aromatic carbocycles. The molecule has 0 bridgehead atoms. The Morgan fingerprint density at radius 3 is 1.74 bits per heavy atom. The third-order valence-electron chi connectivity index (χ3n) is 4.31. The Morgan fingerprint density at radius 1 is 0.735 bits per heavy atom. The lowest BCUT2D eigenvalue weighted by atomic mass is 10.1. The van der Waals surface area contributed by atoms with Crippen molar-refractivity contribution in [2.45, 2.75) is 18.7 Å². The summed E-state index contributed by atoms with van der Waals surface area (Å²) in [6.45, 7) is 3.26. The summed E-state index contributed by atoms with van der Waals surface area (Å²) in [6.07, 6.45) is 0. The van der Waals surface area contributed by atoms with E-state index in [4.69, 9.17) is 9.47 Å². The smallest absolute Gasteiger partial charge is 0.339 e. The molecular weight excluding hydrogens is 470 g/mol. The molecule has 182 valence electrons. The van der Waals surface area contributed by atoms with Gasteiger partial charge in [-0.25, -0.2) is 27.6 Å². The van der Waals surface area contributed by atoms with Gasteiger partial charge in [-0.1, -0.05) is 0 Å². The lowest BCUT2D eigenvalue weighted by molar-refractivity contribution is 0.0521. The zero-order valence-corrected chi connectivity index (χ0v) is 19.7. The van der Waals surface area contributed by atoms with E-state index in [1.807, 2.05) is 0 Å². The van der Waals surface area contributed by atoms with Crippen molar-refractivity contribution in [3.8, 4) is 0 Å². The van der Waals surface area contributed by atoms with Crippen LogP contribution in [0.15, 0.2) is 41.3 Å². The molecule has 0 fully saturated rings. The third-order valence-corrected chi connectivity index (χ3v) is 5.73. The van der Waals surface area contributed by atoms with Crippen molar-refractivity contribution < 1.29 is 46.5 Å². The number of nitrogens with one attached hydrogen (secondary N) is 1. The minimum absolute atomic E-state index is 0.0480. The summed E-state index contributed by atoms with van der Waals surface area (Å²) in [5.74, 6) is -3.39. The molecule has 0 aromatic heterocycles. The molecule has 34 heavy (non-hydrogen) atoms. The first-order valence-electron chi connectivity index (χ1n) is 9.90. The topological polar surface area (TPSA) is 151 Å². The maximum absolute atomic E-state index is 13.2. The second-order valence-electron chi connectivity index (χ2n) is 6.54. The van der Waals surface area contributed by atoms with E-state index in [1.54, 1.807) is 13.8 Å². The van der Waals surface area contributed by atoms with Gasteiger partial charge >= 0.3 is 23.9 Å². The molecule has 0 aliphatic carbocycles.